The fourth-order valence-electron chi connectivity index (χ4n) is 2.77. The maximum absolute atomic E-state index is 13.4. The molecule has 1 unspecified atom stereocenters. The standard InChI is InChI=1S/C18H16ClF3N4O2S/c1-11-23-24-17(26(11)2)16(12-6-4-3-5-7-12)25-29(27,28)15-9-8-13(19)10-14(15)18(20,21)22/h3-10,16,25H,1-2H3. The van der Waals surface area contributed by atoms with Crippen LogP contribution >= 0.6 is 11.6 Å². The van der Waals surface area contributed by atoms with Gasteiger partial charge in [-0.1, -0.05) is 41.9 Å². The van der Waals surface area contributed by atoms with Gasteiger partial charge in [0.05, 0.1) is 10.5 Å². The molecule has 0 spiro atoms. The summed E-state index contributed by atoms with van der Waals surface area (Å²) < 4.78 is 70.1. The van der Waals surface area contributed by atoms with Crippen molar-refractivity contribution < 1.29 is 21.6 Å². The first-order chi connectivity index (χ1) is 13.5. The van der Waals surface area contributed by atoms with E-state index in [9.17, 15) is 21.6 Å². The Labute approximate surface area is 170 Å². The molecule has 2 aromatic carbocycles. The van der Waals surface area contributed by atoms with Crippen LogP contribution < -0.4 is 4.72 Å². The average Bonchev–Trinajstić information content (AvgIpc) is 2.98. The van der Waals surface area contributed by atoms with Crippen molar-refractivity contribution in [3.05, 3.63) is 76.3 Å². The summed E-state index contributed by atoms with van der Waals surface area (Å²) in [6.45, 7) is 1.67. The second-order valence-electron chi connectivity index (χ2n) is 6.27. The molecule has 0 saturated carbocycles. The largest absolute Gasteiger partial charge is 0.417 e. The molecule has 0 bridgehead atoms. The maximum Gasteiger partial charge on any atom is 0.417 e. The van der Waals surface area contributed by atoms with Crippen molar-refractivity contribution in [2.24, 2.45) is 7.05 Å². The number of aryl methyl sites for hydroxylation is 1. The molecule has 0 aliphatic carbocycles. The Morgan fingerprint density at radius 1 is 1.10 bits per heavy atom. The molecule has 0 aliphatic heterocycles. The number of hydrogen-bond donors (Lipinski definition) is 1. The van der Waals surface area contributed by atoms with Crippen molar-refractivity contribution in [3.8, 4) is 0 Å². The van der Waals surface area contributed by atoms with Gasteiger partial charge in [-0.3, -0.25) is 0 Å². The van der Waals surface area contributed by atoms with Gasteiger partial charge in [0, 0.05) is 12.1 Å². The average molecular weight is 445 g/mol. The summed E-state index contributed by atoms with van der Waals surface area (Å²) in [6, 6.07) is 9.84. The number of hydrogen-bond acceptors (Lipinski definition) is 4. The molecule has 1 aromatic heterocycles. The van der Waals surface area contributed by atoms with E-state index in [0.29, 0.717) is 17.5 Å². The molecule has 1 heterocycles. The highest BCUT2D eigenvalue weighted by molar-refractivity contribution is 7.89. The molecule has 11 heteroatoms. The summed E-state index contributed by atoms with van der Waals surface area (Å²) in [5.41, 5.74) is -0.854. The molecule has 29 heavy (non-hydrogen) atoms. The topological polar surface area (TPSA) is 76.9 Å². The SMILES string of the molecule is Cc1nnc(C(NS(=O)(=O)c2ccc(Cl)cc2C(F)(F)F)c2ccccc2)n1C. The Morgan fingerprint density at radius 2 is 1.76 bits per heavy atom. The lowest BCUT2D eigenvalue weighted by Gasteiger charge is -2.20. The van der Waals surface area contributed by atoms with Crippen LogP contribution in [0, 0.1) is 6.92 Å². The molecule has 1 N–H and O–H groups in total. The predicted molar refractivity (Wildman–Crippen MR) is 101 cm³/mol. The van der Waals surface area contributed by atoms with Crippen LogP contribution in [-0.2, 0) is 23.2 Å². The van der Waals surface area contributed by atoms with Crippen LogP contribution in [0.3, 0.4) is 0 Å². The van der Waals surface area contributed by atoms with Gasteiger partial charge in [0.15, 0.2) is 5.82 Å². The highest BCUT2D eigenvalue weighted by atomic mass is 35.5. The number of sulfonamides is 1. The second kappa shape index (κ2) is 7.77. The van der Waals surface area contributed by atoms with Gasteiger partial charge in [-0.15, -0.1) is 10.2 Å². The van der Waals surface area contributed by atoms with Crippen LogP contribution in [0.2, 0.25) is 5.02 Å². The van der Waals surface area contributed by atoms with E-state index in [1.165, 1.54) is 0 Å². The quantitative estimate of drug-likeness (QED) is 0.648. The first kappa shape index (κ1) is 21.3. The van der Waals surface area contributed by atoms with Gasteiger partial charge in [-0.05, 0) is 30.7 Å². The minimum absolute atomic E-state index is 0.222. The van der Waals surface area contributed by atoms with Gasteiger partial charge in [0.25, 0.3) is 0 Å². The third-order valence-corrected chi connectivity index (χ3v) is 6.04. The van der Waals surface area contributed by atoms with Crippen molar-refractivity contribution in [3.63, 3.8) is 0 Å². The summed E-state index contributed by atoms with van der Waals surface area (Å²) in [4.78, 5) is -0.922. The minimum atomic E-state index is -4.90. The van der Waals surface area contributed by atoms with Crippen molar-refractivity contribution in [1.29, 1.82) is 0 Å². The fraction of sp³-hybridized carbons (Fsp3) is 0.222. The first-order valence-electron chi connectivity index (χ1n) is 8.30. The number of nitrogens with one attached hydrogen (secondary N) is 1. The molecule has 3 rings (SSSR count). The number of alkyl halides is 3. The molecular weight excluding hydrogens is 429 g/mol. The molecule has 0 saturated heterocycles. The lowest BCUT2D eigenvalue weighted by molar-refractivity contribution is -0.139. The summed E-state index contributed by atoms with van der Waals surface area (Å²) in [5.74, 6) is 0.752. The van der Waals surface area contributed by atoms with Gasteiger partial charge < -0.3 is 4.57 Å². The zero-order valence-corrected chi connectivity index (χ0v) is 16.8. The number of benzene rings is 2. The number of nitrogens with zero attached hydrogens (tertiary/aromatic N) is 3. The maximum atomic E-state index is 13.4. The van der Waals surface area contributed by atoms with E-state index < -0.39 is 32.7 Å². The molecule has 6 nitrogen and oxygen atoms in total. The van der Waals surface area contributed by atoms with Crippen LogP contribution in [0.1, 0.15) is 28.8 Å². The Kier molecular flexibility index (Phi) is 5.70. The smallest absolute Gasteiger partial charge is 0.317 e. The Hall–Kier alpha value is -2.43. The van der Waals surface area contributed by atoms with Crippen molar-refractivity contribution in [2.75, 3.05) is 0 Å². The molecule has 0 aliphatic rings. The molecule has 154 valence electrons. The van der Waals surface area contributed by atoms with E-state index in [-0.39, 0.29) is 10.8 Å². The zero-order valence-electron chi connectivity index (χ0n) is 15.3. The normalized spacial score (nSPS) is 13.4. The van der Waals surface area contributed by atoms with Gasteiger partial charge in [0.2, 0.25) is 10.0 Å². The lowest BCUT2D eigenvalue weighted by atomic mass is 10.1. The summed E-state index contributed by atoms with van der Waals surface area (Å²) in [5, 5.41) is 7.69. The monoisotopic (exact) mass is 444 g/mol. The third-order valence-electron chi connectivity index (χ3n) is 4.33. The van der Waals surface area contributed by atoms with Crippen molar-refractivity contribution in [2.45, 2.75) is 24.0 Å². The zero-order chi connectivity index (χ0) is 21.4. The molecule has 0 fully saturated rings. The number of aromatic nitrogens is 3. The van der Waals surface area contributed by atoms with E-state index in [2.05, 4.69) is 14.9 Å². The van der Waals surface area contributed by atoms with E-state index in [4.69, 9.17) is 11.6 Å². The van der Waals surface area contributed by atoms with Gasteiger partial charge in [-0.25, -0.2) is 8.42 Å². The first-order valence-corrected chi connectivity index (χ1v) is 10.2. The van der Waals surface area contributed by atoms with E-state index in [0.717, 1.165) is 12.1 Å². The Balaban J connectivity index is 2.12. The minimum Gasteiger partial charge on any atom is -0.317 e. The highest BCUT2D eigenvalue weighted by Crippen LogP contribution is 2.36. The second-order valence-corrected chi connectivity index (χ2v) is 8.39. The van der Waals surface area contributed by atoms with Gasteiger partial charge in [0.1, 0.15) is 11.9 Å². The van der Waals surface area contributed by atoms with Crippen LogP contribution in [0.25, 0.3) is 0 Å². The van der Waals surface area contributed by atoms with Crippen LogP contribution in [0.15, 0.2) is 53.4 Å². The van der Waals surface area contributed by atoms with Crippen molar-refractivity contribution >= 4 is 21.6 Å². The van der Waals surface area contributed by atoms with Crippen LogP contribution in [0.4, 0.5) is 13.2 Å². The molecular formula is C18H16ClF3N4O2S. The number of halogens is 4. The summed E-state index contributed by atoms with van der Waals surface area (Å²) in [7, 11) is -2.97. The van der Waals surface area contributed by atoms with E-state index >= 15 is 0 Å². The molecule has 0 radical (unpaired) electrons. The molecule has 3 aromatic rings. The van der Waals surface area contributed by atoms with Crippen LogP contribution in [-0.4, -0.2) is 23.2 Å². The van der Waals surface area contributed by atoms with Gasteiger partial charge >= 0.3 is 6.18 Å². The van der Waals surface area contributed by atoms with Gasteiger partial charge in [-0.2, -0.15) is 17.9 Å². The summed E-state index contributed by atoms with van der Waals surface area (Å²) >= 11 is 5.66. The van der Waals surface area contributed by atoms with Crippen molar-refractivity contribution in [1.82, 2.24) is 19.5 Å². The van der Waals surface area contributed by atoms with E-state index in [1.54, 1.807) is 48.9 Å². The Bertz CT molecular complexity index is 1130. The fourth-order valence-corrected chi connectivity index (χ4v) is 4.33. The predicted octanol–water partition coefficient (Wildman–Crippen LogP) is 3.86. The molecule has 1 atom stereocenters. The third kappa shape index (κ3) is 4.44. The highest BCUT2D eigenvalue weighted by Gasteiger charge is 2.38. The summed E-state index contributed by atoms with van der Waals surface area (Å²) in [6.07, 6.45) is -4.90. The number of rotatable bonds is 5. The Morgan fingerprint density at radius 3 is 2.31 bits per heavy atom. The molecule has 0 amide bonds. The van der Waals surface area contributed by atoms with Crippen LogP contribution in [0.5, 0.6) is 0 Å². The van der Waals surface area contributed by atoms with E-state index in [1.807, 2.05) is 0 Å². The lowest BCUT2D eigenvalue weighted by Crippen LogP contribution is -2.32.